The molecule has 4 heterocycles. The lowest BCUT2D eigenvalue weighted by Gasteiger charge is -2.34. The SMILES string of the molecule is C=C1C[n+]2cc(-c3ccccc3)ccc2-c2ccccc2CCC2c3ccccc3-c3cc(CC(C)(C)C)c([Si](C)(C)C)c[n+]3C12. The Morgan fingerprint density at radius 2 is 1.46 bits per heavy atom. The van der Waals surface area contributed by atoms with Crippen molar-refractivity contribution in [1.29, 1.82) is 0 Å². The molecule has 5 aromatic rings. The predicted octanol–water partition coefficient (Wildman–Crippen LogP) is 9.24. The van der Waals surface area contributed by atoms with Gasteiger partial charge in [0.1, 0.15) is 0 Å². The summed E-state index contributed by atoms with van der Waals surface area (Å²) >= 11 is 0. The van der Waals surface area contributed by atoms with E-state index in [1.165, 1.54) is 55.9 Å². The van der Waals surface area contributed by atoms with Gasteiger partial charge in [0.15, 0.2) is 25.0 Å². The van der Waals surface area contributed by atoms with Crippen molar-refractivity contribution in [2.45, 2.75) is 78.2 Å². The third-order valence-electron chi connectivity index (χ3n) is 9.99. The minimum absolute atomic E-state index is 0.176. The molecule has 0 aliphatic carbocycles. The molecule has 0 bridgehead atoms. The number of aryl methyl sites for hydroxylation is 1. The average molecular weight is 621 g/mol. The largest absolute Gasteiger partial charge is 0.213 e. The van der Waals surface area contributed by atoms with Crippen LogP contribution in [-0.4, -0.2) is 8.07 Å². The molecular formula is C43H48N2Si+2. The van der Waals surface area contributed by atoms with E-state index >= 15 is 0 Å². The van der Waals surface area contributed by atoms with Crippen LogP contribution in [-0.2, 0) is 19.4 Å². The van der Waals surface area contributed by atoms with Crippen molar-refractivity contribution in [2.24, 2.45) is 5.41 Å². The van der Waals surface area contributed by atoms with Gasteiger partial charge < -0.3 is 0 Å². The Labute approximate surface area is 277 Å². The molecule has 2 nitrogen and oxygen atoms in total. The Morgan fingerprint density at radius 1 is 0.761 bits per heavy atom. The predicted molar refractivity (Wildman–Crippen MR) is 195 cm³/mol. The lowest BCUT2D eigenvalue weighted by molar-refractivity contribution is -0.722. The molecule has 2 aliphatic rings. The van der Waals surface area contributed by atoms with E-state index in [0.29, 0.717) is 5.92 Å². The van der Waals surface area contributed by atoms with Crippen LogP contribution in [0.25, 0.3) is 33.6 Å². The number of fused-ring (bicyclic) bond motifs is 9. The fourth-order valence-electron chi connectivity index (χ4n) is 7.99. The van der Waals surface area contributed by atoms with Crippen molar-refractivity contribution in [3.63, 3.8) is 0 Å². The van der Waals surface area contributed by atoms with Gasteiger partial charge in [-0.2, -0.15) is 9.13 Å². The van der Waals surface area contributed by atoms with Gasteiger partial charge in [-0.25, -0.2) is 0 Å². The number of hydrogen-bond donors (Lipinski definition) is 0. The fourth-order valence-corrected chi connectivity index (χ4v) is 9.64. The molecule has 7 rings (SSSR count). The summed E-state index contributed by atoms with van der Waals surface area (Å²) in [6.07, 6.45) is 8.12. The number of benzene rings is 3. The van der Waals surface area contributed by atoms with Crippen LogP contribution < -0.4 is 14.3 Å². The molecule has 2 aliphatic heterocycles. The van der Waals surface area contributed by atoms with E-state index in [-0.39, 0.29) is 11.5 Å². The number of hydrogen-bond acceptors (Lipinski definition) is 0. The zero-order valence-electron chi connectivity index (χ0n) is 28.5. The zero-order valence-corrected chi connectivity index (χ0v) is 29.5. The molecule has 46 heavy (non-hydrogen) atoms. The van der Waals surface area contributed by atoms with Crippen LogP contribution in [0.3, 0.4) is 0 Å². The Hall–Kier alpha value is -4.08. The van der Waals surface area contributed by atoms with Gasteiger partial charge in [-0.1, -0.05) is 114 Å². The highest BCUT2D eigenvalue weighted by molar-refractivity contribution is 6.89. The minimum Gasteiger partial charge on any atom is -0.193 e. The summed E-state index contributed by atoms with van der Waals surface area (Å²) in [5.41, 5.74) is 13.7. The van der Waals surface area contributed by atoms with E-state index in [2.05, 4.69) is 159 Å². The number of pyridine rings is 2. The summed E-state index contributed by atoms with van der Waals surface area (Å²) in [6.45, 7) is 20.3. The first-order valence-corrected chi connectivity index (χ1v) is 20.5. The zero-order chi connectivity index (χ0) is 32.2. The summed E-state index contributed by atoms with van der Waals surface area (Å²) < 4.78 is 5.13. The normalized spacial score (nSPS) is 17.7. The van der Waals surface area contributed by atoms with Crippen molar-refractivity contribution in [1.82, 2.24) is 0 Å². The van der Waals surface area contributed by atoms with Crippen molar-refractivity contribution < 1.29 is 9.13 Å². The first-order valence-electron chi connectivity index (χ1n) is 17.0. The second kappa shape index (κ2) is 11.6. The van der Waals surface area contributed by atoms with Crippen molar-refractivity contribution in [3.8, 4) is 33.6 Å². The van der Waals surface area contributed by atoms with Crippen molar-refractivity contribution >= 4 is 13.3 Å². The van der Waals surface area contributed by atoms with E-state index < -0.39 is 8.07 Å². The molecule has 2 aromatic heterocycles. The molecule has 232 valence electrons. The summed E-state index contributed by atoms with van der Waals surface area (Å²) in [5, 5.41) is 1.58. The number of rotatable bonds is 3. The molecule has 0 saturated heterocycles. The topological polar surface area (TPSA) is 7.76 Å². The quantitative estimate of drug-likeness (QED) is 0.108. The molecule has 2 unspecified atom stereocenters. The summed E-state index contributed by atoms with van der Waals surface area (Å²) in [6, 6.07) is 36.4. The summed E-state index contributed by atoms with van der Waals surface area (Å²) in [4.78, 5) is 0. The van der Waals surface area contributed by atoms with Crippen molar-refractivity contribution in [2.75, 3.05) is 0 Å². The first kappa shape index (κ1) is 30.6. The highest BCUT2D eigenvalue weighted by atomic mass is 28.3. The van der Waals surface area contributed by atoms with Crippen LogP contribution in [0.2, 0.25) is 19.6 Å². The molecule has 0 amide bonds. The molecule has 0 radical (unpaired) electrons. The van der Waals surface area contributed by atoms with Gasteiger partial charge in [0.05, 0.1) is 19.6 Å². The van der Waals surface area contributed by atoms with E-state index in [1.807, 2.05) is 0 Å². The maximum absolute atomic E-state index is 4.94. The van der Waals surface area contributed by atoms with Gasteiger partial charge in [-0.15, -0.1) is 0 Å². The fraction of sp³-hybridized carbons (Fsp3) is 0.302. The van der Waals surface area contributed by atoms with Crippen LogP contribution in [0.1, 0.15) is 55.8 Å². The second-order valence-electron chi connectivity index (χ2n) is 15.8. The Morgan fingerprint density at radius 3 is 2.20 bits per heavy atom. The van der Waals surface area contributed by atoms with Crippen LogP contribution >= 0.6 is 0 Å². The molecule has 0 N–H and O–H groups in total. The van der Waals surface area contributed by atoms with E-state index in [0.717, 1.165) is 25.8 Å². The Kier molecular flexibility index (Phi) is 7.72. The number of allylic oxidation sites excluding steroid dienone is 1. The maximum Gasteiger partial charge on any atom is 0.213 e. The van der Waals surface area contributed by atoms with Crippen LogP contribution in [0.4, 0.5) is 0 Å². The molecule has 0 saturated carbocycles. The number of aromatic nitrogens is 2. The maximum atomic E-state index is 4.94. The molecule has 0 fully saturated rings. The smallest absolute Gasteiger partial charge is 0.193 e. The van der Waals surface area contributed by atoms with Crippen LogP contribution in [0.15, 0.2) is 122 Å². The van der Waals surface area contributed by atoms with Gasteiger partial charge in [0.2, 0.25) is 11.4 Å². The average Bonchev–Trinajstić information content (AvgIpc) is 3.02. The molecule has 0 spiro atoms. The van der Waals surface area contributed by atoms with Crippen molar-refractivity contribution in [3.05, 3.63) is 138 Å². The first-order chi connectivity index (χ1) is 22.0. The van der Waals surface area contributed by atoms with E-state index in [1.54, 1.807) is 5.19 Å². The summed E-state index contributed by atoms with van der Waals surface area (Å²) in [7, 11) is -1.65. The van der Waals surface area contributed by atoms with E-state index in [4.69, 9.17) is 6.58 Å². The van der Waals surface area contributed by atoms with Gasteiger partial charge in [-0.3, -0.25) is 0 Å². The van der Waals surface area contributed by atoms with Gasteiger partial charge in [0, 0.05) is 34.0 Å². The molecule has 3 heteroatoms. The molecule has 2 atom stereocenters. The Bertz CT molecular complexity index is 1940. The highest BCUT2D eigenvalue weighted by Crippen LogP contribution is 2.44. The van der Waals surface area contributed by atoms with Gasteiger partial charge in [0.25, 0.3) is 0 Å². The highest BCUT2D eigenvalue weighted by Gasteiger charge is 2.44. The summed E-state index contributed by atoms with van der Waals surface area (Å²) in [5.74, 6) is 0.344. The lowest BCUT2D eigenvalue weighted by Crippen LogP contribution is -2.55. The minimum atomic E-state index is -1.65. The number of nitrogens with zero attached hydrogens (tertiary/aromatic N) is 2. The second-order valence-corrected chi connectivity index (χ2v) is 20.8. The van der Waals surface area contributed by atoms with Gasteiger partial charge >= 0.3 is 0 Å². The lowest BCUT2D eigenvalue weighted by atomic mass is 9.76. The van der Waals surface area contributed by atoms with Gasteiger partial charge in [-0.05, 0) is 65.1 Å². The van der Waals surface area contributed by atoms with E-state index in [9.17, 15) is 0 Å². The van der Waals surface area contributed by atoms with Crippen LogP contribution in [0.5, 0.6) is 0 Å². The standard InChI is InChI=1S/C43H48N2Si/c1-30-27-44-28-33(31-15-9-8-10-16-31)22-24-39(44)35-18-12-11-17-32(35)21-23-38-36-19-13-14-20-37(36)40-25-34(26-43(2,3)4)41(46(5,6)7)29-45(40)42(30)38/h8-20,22,24-25,28-29,38,42H,1,21,23,26-27H2,2-7H3/q+2. The monoisotopic (exact) mass is 620 g/mol. The van der Waals surface area contributed by atoms with Crippen LogP contribution in [0, 0.1) is 5.41 Å². The molecular weight excluding hydrogens is 573 g/mol. The third-order valence-corrected chi connectivity index (χ3v) is 12.1. The Balaban J connectivity index is 1.45. The third kappa shape index (κ3) is 5.71. The molecule has 3 aromatic carbocycles.